The van der Waals surface area contributed by atoms with E-state index >= 15 is 0 Å². The summed E-state index contributed by atoms with van der Waals surface area (Å²) in [5.74, 6) is -0.424. The van der Waals surface area contributed by atoms with E-state index in [9.17, 15) is 17.6 Å². The molecule has 2 fully saturated rings. The lowest BCUT2D eigenvalue weighted by atomic mass is 9.77. The third-order valence-electron chi connectivity index (χ3n) is 5.81. The molecule has 0 saturated carbocycles. The van der Waals surface area contributed by atoms with Crippen molar-refractivity contribution < 1.29 is 31.8 Å². The summed E-state index contributed by atoms with van der Waals surface area (Å²) >= 11 is 0. The minimum Gasteiger partial charge on any atom is -0.435 e. The van der Waals surface area contributed by atoms with Gasteiger partial charge in [-0.15, -0.1) is 12.4 Å². The Morgan fingerprint density at radius 3 is 2.45 bits per heavy atom. The van der Waals surface area contributed by atoms with E-state index in [-0.39, 0.29) is 42.5 Å². The maximum Gasteiger partial charge on any atom is 0.387 e. The summed E-state index contributed by atoms with van der Waals surface area (Å²) in [4.78, 5) is 0. The van der Waals surface area contributed by atoms with Crippen LogP contribution in [-0.2, 0) is 4.74 Å². The van der Waals surface area contributed by atoms with Crippen LogP contribution in [0.25, 0.3) is 0 Å². The van der Waals surface area contributed by atoms with Crippen molar-refractivity contribution in [1.29, 1.82) is 0 Å². The predicted molar refractivity (Wildman–Crippen MR) is 109 cm³/mol. The van der Waals surface area contributed by atoms with E-state index in [0.717, 1.165) is 24.9 Å². The second-order valence-electron chi connectivity index (χ2n) is 7.63. The number of piperidine rings is 1. The number of nitrogens with one attached hydrogen (secondary N) is 1. The van der Waals surface area contributed by atoms with Gasteiger partial charge < -0.3 is 19.5 Å². The van der Waals surface area contributed by atoms with Crippen LogP contribution in [0, 0.1) is 0 Å². The number of benzene rings is 2. The average Bonchev–Trinajstić information content (AvgIpc) is 3.13. The molecule has 31 heavy (non-hydrogen) atoms. The lowest BCUT2D eigenvalue weighted by Gasteiger charge is -2.41. The molecular formula is C22H24ClF4NO3. The van der Waals surface area contributed by atoms with Crippen LogP contribution >= 0.6 is 12.4 Å². The first-order chi connectivity index (χ1) is 14.5. The maximum absolute atomic E-state index is 12.9. The van der Waals surface area contributed by atoms with Crippen LogP contribution in [0.2, 0.25) is 0 Å². The zero-order valence-corrected chi connectivity index (χ0v) is 17.4. The van der Waals surface area contributed by atoms with Crippen LogP contribution in [0.5, 0.6) is 11.5 Å². The number of alkyl halides is 4. The van der Waals surface area contributed by atoms with Crippen molar-refractivity contribution in [3.8, 4) is 11.5 Å². The molecular weight excluding hydrogens is 438 g/mol. The first kappa shape index (κ1) is 23.6. The van der Waals surface area contributed by atoms with Gasteiger partial charge >= 0.3 is 13.2 Å². The fraction of sp³-hybridized carbons (Fsp3) is 0.455. The molecule has 2 aromatic rings. The summed E-state index contributed by atoms with van der Waals surface area (Å²) in [6.45, 7) is -4.89. The summed E-state index contributed by atoms with van der Waals surface area (Å²) in [6, 6.07) is 13.7. The van der Waals surface area contributed by atoms with E-state index in [2.05, 4.69) is 14.8 Å². The van der Waals surface area contributed by atoms with Crippen molar-refractivity contribution in [2.45, 2.75) is 50.0 Å². The molecule has 0 radical (unpaired) electrons. The standard InChI is InChI=1S/C22H23F4NO3.ClH/c23-20(24)29-16-7-8-18(30-21(25)26)17(11-16)15-12-22(28-13-15)9-4-10-27-19(22)14-5-2-1-3-6-14;/h1-3,5-8,11,15,19-21,27H,4,9-10,12-13H2;1H/t15-,19-,22+;/m0./s1. The molecule has 4 nitrogen and oxygen atoms in total. The quantitative estimate of drug-likeness (QED) is 0.562. The highest BCUT2D eigenvalue weighted by Gasteiger charge is 2.49. The monoisotopic (exact) mass is 461 g/mol. The summed E-state index contributed by atoms with van der Waals surface area (Å²) in [6.07, 6.45) is 2.29. The third kappa shape index (κ3) is 5.25. The van der Waals surface area contributed by atoms with Gasteiger partial charge in [0.1, 0.15) is 11.5 Å². The second-order valence-corrected chi connectivity index (χ2v) is 7.63. The number of hydrogen-bond acceptors (Lipinski definition) is 4. The van der Waals surface area contributed by atoms with Crippen molar-refractivity contribution >= 4 is 12.4 Å². The van der Waals surface area contributed by atoms with Gasteiger partial charge in [-0.25, -0.2) is 0 Å². The maximum atomic E-state index is 12.9. The van der Waals surface area contributed by atoms with Crippen molar-refractivity contribution in [2.75, 3.05) is 13.2 Å². The molecule has 2 aliphatic rings. The van der Waals surface area contributed by atoms with Crippen LogP contribution < -0.4 is 14.8 Å². The molecule has 1 N–H and O–H groups in total. The van der Waals surface area contributed by atoms with E-state index in [1.165, 1.54) is 18.2 Å². The Morgan fingerprint density at radius 1 is 1.00 bits per heavy atom. The van der Waals surface area contributed by atoms with Crippen LogP contribution in [0.4, 0.5) is 17.6 Å². The Hall–Kier alpha value is -2.03. The molecule has 0 unspecified atom stereocenters. The van der Waals surface area contributed by atoms with Crippen molar-refractivity contribution in [1.82, 2.24) is 5.32 Å². The van der Waals surface area contributed by atoms with Crippen molar-refractivity contribution in [2.24, 2.45) is 0 Å². The lowest BCUT2D eigenvalue weighted by molar-refractivity contribution is -0.0537. The number of ether oxygens (including phenoxy) is 3. The predicted octanol–water partition coefficient (Wildman–Crippen LogP) is 5.68. The highest BCUT2D eigenvalue weighted by atomic mass is 35.5. The number of halogens is 5. The molecule has 2 heterocycles. The second kappa shape index (κ2) is 10.1. The Morgan fingerprint density at radius 2 is 1.74 bits per heavy atom. The molecule has 0 bridgehead atoms. The largest absolute Gasteiger partial charge is 0.435 e. The first-order valence-electron chi connectivity index (χ1n) is 9.93. The molecule has 2 saturated heterocycles. The first-order valence-corrected chi connectivity index (χ1v) is 9.93. The van der Waals surface area contributed by atoms with E-state index in [1.807, 2.05) is 30.3 Å². The number of hydrogen-bond donors (Lipinski definition) is 1. The Bertz CT molecular complexity index is 858. The van der Waals surface area contributed by atoms with Gasteiger partial charge in [-0.2, -0.15) is 17.6 Å². The van der Waals surface area contributed by atoms with E-state index in [4.69, 9.17) is 4.74 Å². The van der Waals surface area contributed by atoms with Crippen LogP contribution in [-0.4, -0.2) is 32.0 Å². The fourth-order valence-corrected chi connectivity index (χ4v) is 4.63. The average molecular weight is 462 g/mol. The topological polar surface area (TPSA) is 39.7 Å². The van der Waals surface area contributed by atoms with Crippen LogP contribution in [0.15, 0.2) is 48.5 Å². The minimum atomic E-state index is -3.02. The van der Waals surface area contributed by atoms with Gasteiger partial charge in [0.2, 0.25) is 0 Å². The van der Waals surface area contributed by atoms with E-state index in [0.29, 0.717) is 12.0 Å². The highest BCUT2D eigenvalue weighted by Crippen LogP contribution is 2.50. The van der Waals surface area contributed by atoms with Crippen molar-refractivity contribution in [3.63, 3.8) is 0 Å². The molecule has 0 aromatic heterocycles. The number of rotatable bonds is 6. The zero-order chi connectivity index (χ0) is 21.1. The summed E-state index contributed by atoms with van der Waals surface area (Å²) in [7, 11) is 0. The lowest BCUT2D eigenvalue weighted by Crippen LogP contribution is -2.48. The van der Waals surface area contributed by atoms with E-state index < -0.39 is 18.8 Å². The highest BCUT2D eigenvalue weighted by molar-refractivity contribution is 5.85. The smallest absolute Gasteiger partial charge is 0.387 e. The molecule has 1 spiro atoms. The molecule has 0 amide bonds. The molecule has 4 rings (SSSR count). The Kier molecular flexibility index (Phi) is 7.67. The van der Waals surface area contributed by atoms with Crippen molar-refractivity contribution in [3.05, 3.63) is 59.7 Å². The molecule has 2 aromatic carbocycles. The van der Waals surface area contributed by atoms with Gasteiger partial charge in [0.25, 0.3) is 0 Å². The molecule has 0 aliphatic carbocycles. The van der Waals surface area contributed by atoms with Gasteiger partial charge in [-0.05, 0) is 49.6 Å². The molecule has 3 atom stereocenters. The van der Waals surface area contributed by atoms with Gasteiger partial charge in [-0.3, -0.25) is 0 Å². The molecule has 9 heteroatoms. The summed E-state index contributed by atoms with van der Waals surface area (Å²) < 4.78 is 66.6. The normalized spacial score (nSPS) is 25.6. The minimum absolute atomic E-state index is 0. The third-order valence-corrected chi connectivity index (χ3v) is 5.81. The van der Waals surface area contributed by atoms with Gasteiger partial charge in [-0.1, -0.05) is 30.3 Å². The SMILES string of the molecule is Cl.FC(F)Oc1ccc(OC(F)F)c([C@@H]2CO[C@]3(CCCN[C@H]3c3ccccc3)C2)c1. The molecule has 170 valence electrons. The summed E-state index contributed by atoms with van der Waals surface area (Å²) in [5.41, 5.74) is 0.978. The fourth-order valence-electron chi connectivity index (χ4n) is 4.63. The van der Waals surface area contributed by atoms with Crippen LogP contribution in [0.1, 0.15) is 42.3 Å². The van der Waals surface area contributed by atoms with Gasteiger partial charge in [0.15, 0.2) is 0 Å². The molecule has 2 aliphatic heterocycles. The van der Waals surface area contributed by atoms with Gasteiger partial charge in [0.05, 0.1) is 18.2 Å². The van der Waals surface area contributed by atoms with Gasteiger partial charge in [0, 0.05) is 11.5 Å². The Labute approximate surface area is 184 Å². The van der Waals surface area contributed by atoms with Crippen LogP contribution in [0.3, 0.4) is 0 Å². The van der Waals surface area contributed by atoms with E-state index in [1.54, 1.807) is 0 Å². The Balaban J connectivity index is 0.00000272. The zero-order valence-electron chi connectivity index (χ0n) is 16.6. The summed E-state index contributed by atoms with van der Waals surface area (Å²) in [5, 5.41) is 3.52.